The molecule has 0 aliphatic carbocycles. The van der Waals surface area contributed by atoms with E-state index in [0.29, 0.717) is 0 Å². The van der Waals surface area contributed by atoms with Crippen molar-refractivity contribution >= 4 is 23.2 Å². The Labute approximate surface area is 131 Å². The number of rotatable bonds is 6. The predicted molar refractivity (Wildman–Crippen MR) is 88.1 cm³/mol. The van der Waals surface area contributed by atoms with Gasteiger partial charge < -0.3 is 20.9 Å². The first kappa shape index (κ1) is 16.3. The first-order valence-electron chi connectivity index (χ1n) is 7.70. The predicted octanol–water partition coefficient (Wildman–Crippen LogP) is 0.949. The van der Waals surface area contributed by atoms with Gasteiger partial charge in [-0.05, 0) is 45.0 Å². The van der Waals surface area contributed by atoms with Gasteiger partial charge >= 0.3 is 0 Å². The monoisotopic (exact) mass is 304 g/mol. The maximum absolute atomic E-state index is 12.1. The molecule has 0 saturated carbocycles. The number of nitrogens with one attached hydrogen (secondary N) is 3. The average Bonchev–Trinajstić information content (AvgIpc) is 3.02. The molecular formula is C16H24N4O2. The summed E-state index contributed by atoms with van der Waals surface area (Å²) in [5, 5.41) is 8.25. The Morgan fingerprint density at radius 3 is 2.68 bits per heavy atom. The van der Waals surface area contributed by atoms with Gasteiger partial charge in [0.1, 0.15) is 6.04 Å². The van der Waals surface area contributed by atoms with E-state index in [0.717, 1.165) is 24.5 Å². The lowest BCUT2D eigenvalue weighted by Gasteiger charge is -2.19. The van der Waals surface area contributed by atoms with E-state index < -0.39 is 6.04 Å². The van der Waals surface area contributed by atoms with Crippen LogP contribution in [0.2, 0.25) is 0 Å². The zero-order chi connectivity index (χ0) is 15.9. The molecule has 1 unspecified atom stereocenters. The third-order valence-corrected chi connectivity index (χ3v) is 3.69. The summed E-state index contributed by atoms with van der Waals surface area (Å²) >= 11 is 0. The molecule has 0 bridgehead atoms. The highest BCUT2D eigenvalue weighted by Gasteiger charge is 2.16. The van der Waals surface area contributed by atoms with Crippen molar-refractivity contribution in [2.75, 3.05) is 36.9 Å². The van der Waals surface area contributed by atoms with Gasteiger partial charge in [-0.3, -0.25) is 9.59 Å². The molecule has 6 heteroatoms. The fraction of sp³-hybridized carbons (Fsp3) is 0.500. The lowest BCUT2D eigenvalue weighted by molar-refractivity contribution is -0.125. The Balaban J connectivity index is 1.93. The van der Waals surface area contributed by atoms with Crippen LogP contribution >= 0.6 is 0 Å². The minimum atomic E-state index is -0.573. The molecule has 120 valence electrons. The third-order valence-electron chi connectivity index (χ3n) is 3.69. The summed E-state index contributed by atoms with van der Waals surface area (Å²) in [6.45, 7) is 4.00. The molecule has 6 nitrogen and oxygen atoms in total. The number of anilines is 2. The lowest BCUT2D eigenvalue weighted by Crippen LogP contribution is -2.44. The lowest BCUT2D eigenvalue weighted by atomic mass is 10.2. The first-order valence-corrected chi connectivity index (χ1v) is 7.70. The van der Waals surface area contributed by atoms with Crippen molar-refractivity contribution in [3.8, 4) is 0 Å². The minimum Gasteiger partial charge on any atom is -0.371 e. The summed E-state index contributed by atoms with van der Waals surface area (Å²) in [5.74, 6) is -0.418. The van der Waals surface area contributed by atoms with Crippen LogP contribution in [0.1, 0.15) is 19.8 Å². The summed E-state index contributed by atoms with van der Waals surface area (Å²) < 4.78 is 0. The molecule has 0 aromatic heterocycles. The van der Waals surface area contributed by atoms with E-state index in [2.05, 4.69) is 26.9 Å². The van der Waals surface area contributed by atoms with E-state index in [4.69, 9.17) is 0 Å². The standard InChI is InChI=1S/C16H24N4O2/c1-12(18-15(21)11-17-2)16(22)19-13-6-5-7-14(10-13)20-8-3-4-9-20/h5-7,10,12,17H,3-4,8-9,11H2,1-2H3,(H,18,21)(H,19,22). The number of carbonyl (C=O) groups is 2. The Morgan fingerprint density at radius 2 is 2.00 bits per heavy atom. The van der Waals surface area contributed by atoms with Crippen LogP contribution in [0, 0.1) is 0 Å². The molecule has 1 atom stereocenters. The van der Waals surface area contributed by atoms with Crippen LogP contribution < -0.4 is 20.9 Å². The molecule has 1 aliphatic rings. The number of benzene rings is 1. The quantitative estimate of drug-likeness (QED) is 0.731. The minimum absolute atomic E-state index is 0.196. The zero-order valence-electron chi connectivity index (χ0n) is 13.2. The van der Waals surface area contributed by atoms with Gasteiger partial charge in [0.2, 0.25) is 11.8 Å². The van der Waals surface area contributed by atoms with Crippen molar-refractivity contribution in [3.63, 3.8) is 0 Å². The molecule has 2 rings (SSSR count). The Bertz CT molecular complexity index is 527. The maximum atomic E-state index is 12.1. The SMILES string of the molecule is CNCC(=O)NC(C)C(=O)Nc1cccc(N2CCCC2)c1. The summed E-state index contributed by atoms with van der Waals surface area (Å²) in [4.78, 5) is 25.9. The fourth-order valence-electron chi connectivity index (χ4n) is 2.52. The second-order valence-electron chi connectivity index (χ2n) is 5.55. The zero-order valence-corrected chi connectivity index (χ0v) is 13.2. The van der Waals surface area contributed by atoms with Crippen molar-refractivity contribution in [2.45, 2.75) is 25.8 Å². The second kappa shape index (κ2) is 7.79. The van der Waals surface area contributed by atoms with Gasteiger partial charge in [0, 0.05) is 24.5 Å². The number of hydrogen-bond donors (Lipinski definition) is 3. The summed E-state index contributed by atoms with van der Waals surface area (Å²) in [5.41, 5.74) is 1.88. The van der Waals surface area contributed by atoms with Gasteiger partial charge in [0.05, 0.1) is 6.54 Å². The molecule has 2 amide bonds. The van der Waals surface area contributed by atoms with Crippen molar-refractivity contribution in [2.24, 2.45) is 0 Å². The smallest absolute Gasteiger partial charge is 0.246 e. The van der Waals surface area contributed by atoms with Gasteiger partial charge in [0.15, 0.2) is 0 Å². The van der Waals surface area contributed by atoms with Crippen molar-refractivity contribution in [1.82, 2.24) is 10.6 Å². The van der Waals surface area contributed by atoms with Crippen LogP contribution in [-0.2, 0) is 9.59 Å². The molecule has 1 aliphatic heterocycles. The van der Waals surface area contributed by atoms with Gasteiger partial charge in [-0.15, -0.1) is 0 Å². The van der Waals surface area contributed by atoms with Gasteiger partial charge in [-0.25, -0.2) is 0 Å². The van der Waals surface area contributed by atoms with Crippen LogP contribution in [0.25, 0.3) is 0 Å². The van der Waals surface area contributed by atoms with Gasteiger partial charge in [-0.1, -0.05) is 6.07 Å². The number of carbonyl (C=O) groups excluding carboxylic acids is 2. The van der Waals surface area contributed by atoms with Crippen molar-refractivity contribution in [1.29, 1.82) is 0 Å². The fourth-order valence-corrected chi connectivity index (χ4v) is 2.52. The van der Waals surface area contributed by atoms with E-state index in [1.165, 1.54) is 12.8 Å². The number of amides is 2. The largest absolute Gasteiger partial charge is 0.371 e. The molecule has 0 spiro atoms. The topological polar surface area (TPSA) is 73.5 Å². The highest BCUT2D eigenvalue weighted by molar-refractivity contribution is 5.97. The summed E-state index contributed by atoms with van der Waals surface area (Å²) in [7, 11) is 1.69. The molecule has 1 aromatic rings. The molecule has 0 radical (unpaired) electrons. The Kier molecular flexibility index (Phi) is 5.77. The highest BCUT2D eigenvalue weighted by atomic mass is 16.2. The number of hydrogen-bond acceptors (Lipinski definition) is 4. The molecule has 1 fully saturated rings. The molecular weight excluding hydrogens is 280 g/mol. The van der Waals surface area contributed by atoms with Crippen LogP contribution in [0.4, 0.5) is 11.4 Å². The highest BCUT2D eigenvalue weighted by Crippen LogP contribution is 2.23. The normalized spacial score (nSPS) is 15.5. The van der Waals surface area contributed by atoms with Crippen LogP contribution in [0.3, 0.4) is 0 Å². The molecule has 22 heavy (non-hydrogen) atoms. The van der Waals surface area contributed by atoms with Crippen LogP contribution in [-0.4, -0.2) is 44.5 Å². The van der Waals surface area contributed by atoms with Crippen LogP contribution in [0.15, 0.2) is 24.3 Å². The number of likely N-dealkylation sites (N-methyl/N-ethyl adjacent to an activating group) is 1. The third kappa shape index (κ3) is 4.46. The summed E-state index contributed by atoms with van der Waals surface area (Å²) in [6, 6.07) is 7.26. The molecule has 1 heterocycles. The van der Waals surface area contributed by atoms with Crippen molar-refractivity contribution < 1.29 is 9.59 Å². The van der Waals surface area contributed by atoms with Crippen LogP contribution in [0.5, 0.6) is 0 Å². The van der Waals surface area contributed by atoms with E-state index in [9.17, 15) is 9.59 Å². The van der Waals surface area contributed by atoms with Gasteiger partial charge in [0.25, 0.3) is 0 Å². The summed E-state index contributed by atoms with van der Waals surface area (Å²) in [6.07, 6.45) is 2.43. The molecule has 1 saturated heterocycles. The molecule has 3 N–H and O–H groups in total. The second-order valence-corrected chi connectivity index (χ2v) is 5.55. The van der Waals surface area contributed by atoms with E-state index in [1.54, 1.807) is 14.0 Å². The van der Waals surface area contributed by atoms with Crippen molar-refractivity contribution in [3.05, 3.63) is 24.3 Å². The first-order chi connectivity index (χ1) is 10.6. The van der Waals surface area contributed by atoms with Gasteiger partial charge in [-0.2, -0.15) is 0 Å². The van der Waals surface area contributed by atoms with E-state index in [-0.39, 0.29) is 18.4 Å². The Hall–Kier alpha value is -2.08. The molecule has 1 aromatic carbocycles. The average molecular weight is 304 g/mol. The maximum Gasteiger partial charge on any atom is 0.246 e. The van der Waals surface area contributed by atoms with E-state index >= 15 is 0 Å². The Morgan fingerprint density at radius 1 is 1.27 bits per heavy atom. The van der Waals surface area contributed by atoms with E-state index in [1.807, 2.05) is 18.2 Å². The number of nitrogens with zero attached hydrogens (tertiary/aromatic N) is 1.